The predicted octanol–water partition coefficient (Wildman–Crippen LogP) is 0.666. The normalized spacial score (nSPS) is 20.8. The molecular weight excluding hydrogens is 234 g/mol. The first-order chi connectivity index (χ1) is 6.16. The van der Waals surface area contributed by atoms with Gasteiger partial charge in [-0.2, -0.15) is 0 Å². The highest BCUT2D eigenvalue weighted by molar-refractivity contribution is 9.10. The number of fused-ring (bicyclic) bond motifs is 1. The van der Waals surface area contributed by atoms with Crippen molar-refractivity contribution < 1.29 is 4.79 Å². The lowest BCUT2D eigenvalue weighted by Gasteiger charge is -2.20. The van der Waals surface area contributed by atoms with Gasteiger partial charge in [0.05, 0.1) is 6.04 Å². The second-order valence-corrected chi connectivity index (χ2v) is 3.88. The van der Waals surface area contributed by atoms with Crippen LogP contribution in [-0.4, -0.2) is 16.9 Å². The molecule has 1 aromatic rings. The molecule has 68 valence electrons. The van der Waals surface area contributed by atoms with Gasteiger partial charge in [0.25, 0.3) is 0 Å². The Morgan fingerprint density at radius 2 is 2.46 bits per heavy atom. The smallest absolute Gasteiger partial charge is 0.242 e. The Morgan fingerprint density at radius 3 is 3.23 bits per heavy atom. The van der Waals surface area contributed by atoms with Crippen molar-refractivity contribution in [1.82, 2.24) is 4.98 Å². The Kier molecular flexibility index (Phi) is 2.05. The van der Waals surface area contributed by atoms with E-state index >= 15 is 0 Å². The van der Waals surface area contributed by atoms with Gasteiger partial charge in [-0.05, 0) is 27.6 Å². The number of nitrogens with two attached hydrogens (primary N) is 1. The van der Waals surface area contributed by atoms with Crippen molar-refractivity contribution in [2.24, 2.45) is 5.73 Å². The molecule has 1 aliphatic rings. The zero-order chi connectivity index (χ0) is 9.42. The third-order valence-corrected chi connectivity index (χ3v) is 2.39. The van der Waals surface area contributed by atoms with Crippen molar-refractivity contribution in [2.45, 2.75) is 12.5 Å². The van der Waals surface area contributed by atoms with Crippen molar-refractivity contribution >= 4 is 27.7 Å². The molecule has 0 fully saturated rings. The molecule has 4 nitrogen and oxygen atoms in total. The predicted molar refractivity (Wildman–Crippen MR) is 52.2 cm³/mol. The molecule has 1 amide bonds. The molecule has 0 saturated carbocycles. The van der Waals surface area contributed by atoms with Crippen LogP contribution in [0.1, 0.15) is 5.56 Å². The summed E-state index contributed by atoms with van der Waals surface area (Å²) in [6, 6.07) is 1.46. The zero-order valence-corrected chi connectivity index (χ0v) is 8.34. The summed E-state index contributed by atoms with van der Waals surface area (Å²) < 4.78 is 0.898. The Bertz CT molecular complexity index is 366. The minimum atomic E-state index is -0.455. The molecule has 0 aliphatic carbocycles. The van der Waals surface area contributed by atoms with Crippen LogP contribution in [0.4, 0.5) is 5.82 Å². The summed E-state index contributed by atoms with van der Waals surface area (Å²) >= 11 is 3.31. The van der Waals surface area contributed by atoms with E-state index in [9.17, 15) is 4.79 Å². The fourth-order valence-corrected chi connectivity index (χ4v) is 1.67. The Morgan fingerprint density at radius 1 is 1.69 bits per heavy atom. The van der Waals surface area contributed by atoms with Crippen molar-refractivity contribution in [2.75, 3.05) is 5.32 Å². The molecule has 3 N–H and O–H groups in total. The number of anilines is 1. The van der Waals surface area contributed by atoms with Gasteiger partial charge in [0.1, 0.15) is 5.82 Å². The van der Waals surface area contributed by atoms with Gasteiger partial charge in [-0.3, -0.25) is 4.79 Å². The summed E-state index contributed by atoms with van der Waals surface area (Å²) in [6.45, 7) is 0. The summed E-state index contributed by atoms with van der Waals surface area (Å²) in [4.78, 5) is 15.2. The number of hydrogen-bond donors (Lipinski definition) is 2. The van der Waals surface area contributed by atoms with Crippen LogP contribution >= 0.6 is 15.9 Å². The quantitative estimate of drug-likeness (QED) is 0.702. The molecule has 0 saturated heterocycles. The van der Waals surface area contributed by atoms with Gasteiger partial charge in [0, 0.05) is 17.1 Å². The summed E-state index contributed by atoms with van der Waals surface area (Å²) in [5.74, 6) is 0.456. The van der Waals surface area contributed by atoms with E-state index in [4.69, 9.17) is 5.73 Å². The van der Waals surface area contributed by atoms with Crippen LogP contribution in [0.3, 0.4) is 0 Å². The number of rotatable bonds is 0. The molecule has 1 aliphatic heterocycles. The van der Waals surface area contributed by atoms with Crippen LogP contribution in [0.25, 0.3) is 0 Å². The van der Waals surface area contributed by atoms with E-state index in [1.807, 2.05) is 6.07 Å². The first kappa shape index (κ1) is 8.65. The van der Waals surface area contributed by atoms with Gasteiger partial charge in [0.2, 0.25) is 5.91 Å². The monoisotopic (exact) mass is 241 g/mol. The molecule has 0 aromatic carbocycles. The number of nitrogens with one attached hydrogen (secondary N) is 1. The van der Waals surface area contributed by atoms with E-state index in [1.54, 1.807) is 6.20 Å². The van der Waals surface area contributed by atoms with E-state index in [-0.39, 0.29) is 5.91 Å². The molecule has 1 atom stereocenters. The molecule has 0 radical (unpaired) electrons. The molecular formula is C8H8BrN3O. The van der Waals surface area contributed by atoms with E-state index in [1.165, 1.54) is 0 Å². The average Bonchev–Trinajstić information content (AvgIpc) is 2.08. The van der Waals surface area contributed by atoms with Crippen molar-refractivity contribution in [3.63, 3.8) is 0 Å². The number of nitrogens with zero attached hydrogens (tertiary/aromatic N) is 1. The maximum atomic E-state index is 11.2. The van der Waals surface area contributed by atoms with Gasteiger partial charge in [-0.15, -0.1) is 0 Å². The Hall–Kier alpha value is -0.940. The highest BCUT2D eigenvalue weighted by Gasteiger charge is 2.23. The first-order valence-corrected chi connectivity index (χ1v) is 4.67. The number of pyridine rings is 1. The maximum Gasteiger partial charge on any atom is 0.242 e. The molecule has 2 rings (SSSR count). The molecule has 13 heavy (non-hydrogen) atoms. The Balaban J connectivity index is 2.42. The molecule has 1 aromatic heterocycles. The third-order valence-electron chi connectivity index (χ3n) is 1.95. The van der Waals surface area contributed by atoms with E-state index in [0.717, 1.165) is 10.0 Å². The minimum Gasteiger partial charge on any atom is -0.320 e. The molecule has 0 bridgehead atoms. The number of hydrogen-bond acceptors (Lipinski definition) is 3. The number of halogens is 1. The fourth-order valence-electron chi connectivity index (χ4n) is 1.29. The van der Waals surface area contributed by atoms with Crippen LogP contribution in [0.15, 0.2) is 16.7 Å². The lowest BCUT2D eigenvalue weighted by Crippen LogP contribution is -2.41. The summed E-state index contributed by atoms with van der Waals surface area (Å²) in [7, 11) is 0. The van der Waals surface area contributed by atoms with Crippen LogP contribution < -0.4 is 11.1 Å². The van der Waals surface area contributed by atoms with Crippen molar-refractivity contribution in [3.05, 3.63) is 22.3 Å². The van der Waals surface area contributed by atoms with Crippen LogP contribution in [0.2, 0.25) is 0 Å². The standard InChI is InChI=1S/C8H8BrN3O/c9-5-1-4-2-6(10)8(13)12-7(4)11-3-5/h1,3,6H,2,10H2,(H,11,12,13). The molecule has 2 heterocycles. The number of carbonyl (C=O) groups excluding carboxylic acids is 1. The number of carbonyl (C=O) groups is 1. The minimum absolute atomic E-state index is 0.165. The molecule has 0 spiro atoms. The maximum absolute atomic E-state index is 11.2. The zero-order valence-electron chi connectivity index (χ0n) is 6.75. The Labute approximate surface area is 83.7 Å². The SMILES string of the molecule is NC1Cc2cc(Br)cnc2NC1=O. The van der Waals surface area contributed by atoms with E-state index in [0.29, 0.717) is 12.2 Å². The summed E-state index contributed by atoms with van der Waals surface area (Å²) in [5, 5.41) is 2.64. The number of aromatic nitrogens is 1. The van der Waals surface area contributed by atoms with Gasteiger partial charge in [-0.25, -0.2) is 4.98 Å². The highest BCUT2D eigenvalue weighted by Crippen LogP contribution is 2.22. The van der Waals surface area contributed by atoms with Crippen LogP contribution in [-0.2, 0) is 11.2 Å². The second kappa shape index (κ2) is 3.08. The first-order valence-electron chi connectivity index (χ1n) is 3.87. The van der Waals surface area contributed by atoms with Crippen LogP contribution in [0.5, 0.6) is 0 Å². The van der Waals surface area contributed by atoms with Gasteiger partial charge in [-0.1, -0.05) is 0 Å². The largest absolute Gasteiger partial charge is 0.320 e. The van der Waals surface area contributed by atoms with Gasteiger partial charge < -0.3 is 11.1 Å². The van der Waals surface area contributed by atoms with Crippen molar-refractivity contribution in [1.29, 1.82) is 0 Å². The van der Waals surface area contributed by atoms with Gasteiger partial charge >= 0.3 is 0 Å². The fraction of sp³-hybridized carbons (Fsp3) is 0.250. The topological polar surface area (TPSA) is 68.0 Å². The third kappa shape index (κ3) is 1.57. The second-order valence-electron chi connectivity index (χ2n) is 2.96. The molecule has 1 unspecified atom stereocenters. The summed E-state index contributed by atoms with van der Waals surface area (Å²) in [6.07, 6.45) is 2.20. The number of amides is 1. The van der Waals surface area contributed by atoms with Gasteiger partial charge in [0.15, 0.2) is 0 Å². The average molecular weight is 242 g/mol. The summed E-state index contributed by atoms with van der Waals surface area (Å²) in [5.41, 5.74) is 6.56. The van der Waals surface area contributed by atoms with E-state index in [2.05, 4.69) is 26.2 Å². The lowest BCUT2D eigenvalue weighted by molar-refractivity contribution is -0.117. The van der Waals surface area contributed by atoms with Crippen LogP contribution in [0, 0.1) is 0 Å². The highest BCUT2D eigenvalue weighted by atomic mass is 79.9. The van der Waals surface area contributed by atoms with Crippen molar-refractivity contribution in [3.8, 4) is 0 Å². The van der Waals surface area contributed by atoms with E-state index < -0.39 is 6.04 Å². The lowest BCUT2D eigenvalue weighted by atomic mass is 10.0. The molecule has 5 heteroatoms.